The highest BCUT2D eigenvalue weighted by Gasteiger charge is 2.31. The number of phenols is 1. The van der Waals surface area contributed by atoms with E-state index in [9.17, 15) is 18.3 Å². The third kappa shape index (κ3) is 3.87. The molecule has 1 aliphatic rings. The van der Waals surface area contributed by atoms with Crippen LogP contribution in [0.5, 0.6) is 5.75 Å². The van der Waals surface area contributed by atoms with Gasteiger partial charge in [-0.3, -0.25) is 4.40 Å². The van der Waals surface area contributed by atoms with Crippen molar-refractivity contribution in [1.29, 1.82) is 0 Å². The summed E-state index contributed by atoms with van der Waals surface area (Å²) in [4.78, 5) is 2.25. The molecule has 0 aliphatic carbocycles. The van der Waals surface area contributed by atoms with E-state index < -0.39 is 17.5 Å². The van der Waals surface area contributed by atoms with Crippen LogP contribution in [0.1, 0.15) is 24.0 Å². The maximum Gasteiger partial charge on any atom is 0.416 e. The molecule has 3 aromatic rings. The fourth-order valence-electron chi connectivity index (χ4n) is 3.83. The highest BCUT2D eigenvalue weighted by atomic mass is 19.4. The van der Waals surface area contributed by atoms with Crippen LogP contribution in [0, 0.1) is 6.92 Å². The molecule has 1 fully saturated rings. The first-order valence-electron chi connectivity index (χ1n) is 9.43. The van der Waals surface area contributed by atoms with Crippen molar-refractivity contribution in [3.8, 4) is 16.9 Å². The Morgan fingerprint density at radius 2 is 1.97 bits per heavy atom. The van der Waals surface area contributed by atoms with Gasteiger partial charge in [0.25, 0.3) is 0 Å². The number of piperidine rings is 1. The maximum absolute atomic E-state index is 12.9. The molecule has 9 heteroatoms. The number of fused-ring (bicyclic) bond motifs is 1. The van der Waals surface area contributed by atoms with Crippen LogP contribution in [0.15, 0.2) is 30.5 Å². The molecule has 2 aromatic heterocycles. The van der Waals surface area contributed by atoms with Gasteiger partial charge in [-0.05, 0) is 63.2 Å². The van der Waals surface area contributed by atoms with Gasteiger partial charge in [0.1, 0.15) is 5.75 Å². The monoisotopic (exact) mass is 405 g/mol. The summed E-state index contributed by atoms with van der Waals surface area (Å²) >= 11 is 0. The molecular weight excluding hydrogens is 383 g/mol. The second kappa shape index (κ2) is 7.22. The molecule has 29 heavy (non-hydrogen) atoms. The minimum Gasteiger partial charge on any atom is -0.507 e. The number of rotatable bonds is 3. The number of hydrogen-bond donors (Lipinski definition) is 2. The Labute approximate surface area is 166 Å². The van der Waals surface area contributed by atoms with Crippen molar-refractivity contribution in [3.05, 3.63) is 41.6 Å². The quantitative estimate of drug-likeness (QED) is 0.691. The summed E-state index contributed by atoms with van der Waals surface area (Å²) in [5.74, 6) is 0.135. The van der Waals surface area contributed by atoms with E-state index in [0.717, 1.165) is 43.6 Å². The van der Waals surface area contributed by atoms with Gasteiger partial charge in [0, 0.05) is 29.9 Å². The lowest BCUT2D eigenvalue weighted by Gasteiger charge is -2.30. The van der Waals surface area contributed by atoms with Crippen molar-refractivity contribution in [2.45, 2.75) is 32.0 Å². The number of alkyl halides is 3. The second-order valence-electron chi connectivity index (χ2n) is 7.62. The van der Waals surface area contributed by atoms with Crippen molar-refractivity contribution in [3.63, 3.8) is 0 Å². The van der Waals surface area contributed by atoms with Crippen LogP contribution in [-0.2, 0) is 6.18 Å². The number of aromatic nitrogens is 3. The Morgan fingerprint density at radius 1 is 1.17 bits per heavy atom. The maximum atomic E-state index is 12.9. The fourth-order valence-corrected chi connectivity index (χ4v) is 3.83. The summed E-state index contributed by atoms with van der Waals surface area (Å²) in [6, 6.07) is 4.99. The van der Waals surface area contributed by atoms with Crippen LogP contribution < -0.4 is 5.32 Å². The highest BCUT2D eigenvalue weighted by molar-refractivity contribution is 5.82. The van der Waals surface area contributed by atoms with E-state index >= 15 is 0 Å². The Hall–Kier alpha value is -2.81. The van der Waals surface area contributed by atoms with Gasteiger partial charge in [-0.2, -0.15) is 13.2 Å². The number of halogens is 3. The van der Waals surface area contributed by atoms with Crippen LogP contribution in [0.25, 0.3) is 16.8 Å². The predicted octanol–water partition coefficient (Wildman–Crippen LogP) is 3.94. The SMILES string of the molecule is Cc1cc(-c2ccc(C(F)(F)F)cc2O)c2nnc(N[C@@H]3CCCN(C)C3)n2c1. The number of pyridine rings is 1. The largest absolute Gasteiger partial charge is 0.507 e. The molecule has 1 aliphatic heterocycles. The van der Waals surface area contributed by atoms with Crippen LogP contribution in [-0.4, -0.2) is 50.8 Å². The molecule has 0 saturated carbocycles. The van der Waals surface area contributed by atoms with Crippen LogP contribution in [0.4, 0.5) is 19.1 Å². The number of likely N-dealkylation sites (N-methyl/N-ethyl adjacent to an activating group) is 1. The van der Waals surface area contributed by atoms with Crippen molar-refractivity contribution in [1.82, 2.24) is 19.5 Å². The number of hydrogen-bond acceptors (Lipinski definition) is 5. The Bertz CT molecular complexity index is 1050. The normalized spacial score (nSPS) is 18.3. The molecule has 1 aromatic carbocycles. The van der Waals surface area contributed by atoms with Gasteiger partial charge in [0.05, 0.1) is 5.56 Å². The molecule has 0 amide bonds. The number of phenolic OH excluding ortho intramolecular Hbond substituents is 1. The molecule has 0 spiro atoms. The lowest BCUT2D eigenvalue weighted by molar-refractivity contribution is -0.137. The first kappa shape index (κ1) is 19.5. The third-order valence-electron chi connectivity index (χ3n) is 5.21. The number of anilines is 1. The molecule has 6 nitrogen and oxygen atoms in total. The molecule has 1 atom stereocenters. The van der Waals surface area contributed by atoms with Crippen LogP contribution in [0.2, 0.25) is 0 Å². The average molecular weight is 405 g/mol. The van der Waals surface area contributed by atoms with E-state index in [0.29, 0.717) is 17.2 Å². The van der Waals surface area contributed by atoms with Gasteiger partial charge in [-0.15, -0.1) is 10.2 Å². The van der Waals surface area contributed by atoms with E-state index in [4.69, 9.17) is 0 Å². The predicted molar refractivity (Wildman–Crippen MR) is 104 cm³/mol. The Morgan fingerprint density at radius 3 is 2.66 bits per heavy atom. The van der Waals surface area contributed by atoms with Crippen molar-refractivity contribution < 1.29 is 18.3 Å². The number of aryl methyl sites for hydroxylation is 1. The summed E-state index contributed by atoms with van der Waals surface area (Å²) in [7, 11) is 2.07. The number of aromatic hydroxyl groups is 1. The Kier molecular flexibility index (Phi) is 4.85. The average Bonchev–Trinajstić information content (AvgIpc) is 3.03. The number of nitrogens with one attached hydrogen (secondary N) is 1. The topological polar surface area (TPSA) is 65.7 Å². The first-order valence-corrected chi connectivity index (χ1v) is 9.43. The van der Waals surface area contributed by atoms with Crippen molar-refractivity contribution >= 4 is 11.6 Å². The second-order valence-corrected chi connectivity index (χ2v) is 7.62. The van der Waals surface area contributed by atoms with Gasteiger partial charge in [0.2, 0.25) is 5.95 Å². The lowest BCUT2D eigenvalue weighted by Crippen LogP contribution is -2.40. The number of likely N-dealkylation sites (tertiary alicyclic amines) is 1. The molecule has 3 heterocycles. The third-order valence-corrected chi connectivity index (χ3v) is 5.21. The highest BCUT2D eigenvalue weighted by Crippen LogP contribution is 2.38. The van der Waals surface area contributed by atoms with E-state index in [1.165, 1.54) is 6.07 Å². The smallest absolute Gasteiger partial charge is 0.416 e. The first-order chi connectivity index (χ1) is 13.7. The Balaban J connectivity index is 1.74. The summed E-state index contributed by atoms with van der Waals surface area (Å²) in [5, 5.41) is 22.2. The van der Waals surface area contributed by atoms with Gasteiger partial charge in [-0.25, -0.2) is 0 Å². The van der Waals surface area contributed by atoms with Crippen LogP contribution in [0.3, 0.4) is 0 Å². The minimum atomic E-state index is -4.52. The van der Waals surface area contributed by atoms with Gasteiger partial charge < -0.3 is 15.3 Å². The fraction of sp³-hybridized carbons (Fsp3) is 0.400. The van der Waals surface area contributed by atoms with Gasteiger partial charge in [-0.1, -0.05) is 0 Å². The summed E-state index contributed by atoms with van der Waals surface area (Å²) < 4.78 is 40.6. The zero-order chi connectivity index (χ0) is 20.8. The molecule has 0 unspecified atom stereocenters. The van der Waals surface area contributed by atoms with E-state index in [-0.39, 0.29) is 11.6 Å². The molecule has 2 N–H and O–H groups in total. The van der Waals surface area contributed by atoms with Crippen molar-refractivity contribution in [2.75, 3.05) is 25.5 Å². The molecule has 4 rings (SSSR count). The number of benzene rings is 1. The molecule has 154 valence electrons. The summed E-state index contributed by atoms with van der Waals surface area (Å²) in [5.41, 5.74) is 1.25. The van der Waals surface area contributed by atoms with Gasteiger partial charge >= 0.3 is 6.18 Å². The van der Waals surface area contributed by atoms with E-state index in [1.807, 2.05) is 13.1 Å². The van der Waals surface area contributed by atoms with Gasteiger partial charge in [0.15, 0.2) is 5.65 Å². The zero-order valence-electron chi connectivity index (χ0n) is 16.2. The molecule has 1 saturated heterocycles. The minimum absolute atomic E-state index is 0.240. The molecule has 0 bridgehead atoms. The lowest BCUT2D eigenvalue weighted by atomic mass is 10.0. The van der Waals surface area contributed by atoms with E-state index in [2.05, 4.69) is 27.5 Å². The zero-order valence-corrected chi connectivity index (χ0v) is 16.2. The summed E-state index contributed by atoms with van der Waals surface area (Å²) in [6.07, 6.45) is -0.530. The number of nitrogens with zero attached hydrogens (tertiary/aromatic N) is 4. The van der Waals surface area contributed by atoms with Crippen LogP contribution >= 0.6 is 0 Å². The molecular formula is C20H22F3N5O. The summed E-state index contributed by atoms with van der Waals surface area (Å²) in [6.45, 7) is 3.84. The molecule has 0 radical (unpaired) electrons. The standard InChI is InChI=1S/C20H22F3N5O/c1-12-8-16(15-6-5-13(9-17(15)29)20(21,22)23)18-25-26-19(28(18)10-12)24-14-4-3-7-27(2)11-14/h5-6,8-10,14,29H,3-4,7,11H2,1-2H3,(H,24,26)/t14-/m1/s1. The van der Waals surface area contributed by atoms with E-state index in [1.54, 1.807) is 10.5 Å². The van der Waals surface area contributed by atoms with Crippen molar-refractivity contribution in [2.24, 2.45) is 0 Å².